The molecule has 3 nitrogen and oxygen atoms in total. The van der Waals surface area contributed by atoms with Gasteiger partial charge in [-0.15, -0.1) is 11.3 Å². The average molecular weight is 365 g/mol. The van der Waals surface area contributed by atoms with Gasteiger partial charge >= 0.3 is 0 Å². The molecule has 2 aromatic carbocycles. The molecule has 0 aliphatic carbocycles. The Morgan fingerprint density at radius 1 is 1.15 bits per heavy atom. The Bertz CT molecular complexity index is 889. The first-order chi connectivity index (χ1) is 12.7. The number of hydrogen-bond donors (Lipinski definition) is 0. The predicted octanol–water partition coefficient (Wildman–Crippen LogP) is 5.13. The summed E-state index contributed by atoms with van der Waals surface area (Å²) >= 11 is 1.81. The fourth-order valence-corrected chi connectivity index (χ4v) is 4.25. The number of ether oxygens (including phenoxy) is 2. The summed E-state index contributed by atoms with van der Waals surface area (Å²) in [6.07, 6.45) is 0. The van der Waals surface area contributed by atoms with Gasteiger partial charge in [0, 0.05) is 30.1 Å². The second-order valence-corrected chi connectivity index (χ2v) is 7.65. The van der Waals surface area contributed by atoms with Crippen LogP contribution in [-0.4, -0.2) is 25.2 Å². The topological polar surface area (TPSA) is 21.7 Å². The third-order valence-electron chi connectivity index (χ3n) is 4.82. The Balaban J connectivity index is 1.71. The van der Waals surface area contributed by atoms with E-state index in [1.165, 1.54) is 27.1 Å². The van der Waals surface area contributed by atoms with E-state index in [-0.39, 0.29) is 0 Å². The zero-order valence-corrected chi connectivity index (χ0v) is 16.0. The van der Waals surface area contributed by atoms with Crippen LogP contribution in [0.2, 0.25) is 0 Å². The van der Waals surface area contributed by atoms with E-state index in [9.17, 15) is 0 Å². The molecule has 0 saturated carbocycles. The molecule has 1 aliphatic rings. The highest BCUT2D eigenvalue weighted by molar-refractivity contribution is 7.09. The van der Waals surface area contributed by atoms with Crippen LogP contribution in [0.5, 0.6) is 11.5 Å². The molecule has 0 N–H and O–H groups in total. The van der Waals surface area contributed by atoms with Crippen molar-refractivity contribution in [2.45, 2.75) is 20.0 Å². The van der Waals surface area contributed by atoms with Gasteiger partial charge in [0.1, 0.15) is 6.61 Å². The molecule has 0 fully saturated rings. The highest BCUT2D eigenvalue weighted by atomic mass is 32.1. The van der Waals surface area contributed by atoms with E-state index in [2.05, 4.69) is 65.7 Å². The molecule has 134 valence electrons. The Morgan fingerprint density at radius 2 is 2.04 bits per heavy atom. The molecule has 2 heterocycles. The van der Waals surface area contributed by atoms with Crippen molar-refractivity contribution >= 4 is 11.3 Å². The number of rotatable bonds is 4. The monoisotopic (exact) mass is 365 g/mol. The van der Waals surface area contributed by atoms with Crippen molar-refractivity contribution in [3.05, 3.63) is 69.9 Å². The van der Waals surface area contributed by atoms with E-state index >= 15 is 0 Å². The summed E-state index contributed by atoms with van der Waals surface area (Å²) in [5, 5.41) is 2.14. The molecule has 4 heteroatoms. The van der Waals surface area contributed by atoms with Crippen LogP contribution in [0.15, 0.2) is 53.9 Å². The molecule has 1 aromatic heterocycles. The summed E-state index contributed by atoms with van der Waals surface area (Å²) in [7, 11) is 1.72. The minimum Gasteiger partial charge on any atom is -0.493 e. The van der Waals surface area contributed by atoms with Crippen LogP contribution in [0.4, 0.5) is 0 Å². The quantitative estimate of drug-likeness (QED) is 0.640. The van der Waals surface area contributed by atoms with Crippen LogP contribution in [0, 0.1) is 6.92 Å². The lowest BCUT2D eigenvalue weighted by Gasteiger charge is -2.19. The van der Waals surface area contributed by atoms with Crippen LogP contribution in [0.3, 0.4) is 0 Å². The van der Waals surface area contributed by atoms with E-state index in [0.29, 0.717) is 6.61 Å². The van der Waals surface area contributed by atoms with Crippen molar-refractivity contribution in [2.24, 2.45) is 0 Å². The molecular formula is C22H23NO2S. The first kappa shape index (κ1) is 17.1. The minimum absolute atomic E-state index is 0.679. The molecule has 0 bridgehead atoms. The fraction of sp³-hybridized carbons (Fsp3) is 0.273. The van der Waals surface area contributed by atoms with Crippen molar-refractivity contribution in [2.75, 3.05) is 20.3 Å². The van der Waals surface area contributed by atoms with E-state index in [0.717, 1.165) is 31.1 Å². The summed E-state index contributed by atoms with van der Waals surface area (Å²) in [4.78, 5) is 3.83. The maximum absolute atomic E-state index is 6.08. The Hall–Kier alpha value is -2.30. The highest BCUT2D eigenvalue weighted by Crippen LogP contribution is 2.39. The van der Waals surface area contributed by atoms with Gasteiger partial charge < -0.3 is 9.47 Å². The lowest BCUT2D eigenvalue weighted by Crippen LogP contribution is -2.24. The molecule has 26 heavy (non-hydrogen) atoms. The number of thiophene rings is 1. The standard InChI is InChI=1S/C22H23NO2S/c1-16-6-3-4-8-20(16)17-12-18-14-23(15-19-7-5-11-26-19)9-10-25-22(18)21(13-17)24-2/h3-8,11-13H,9-10,14-15H2,1-2H3. The van der Waals surface area contributed by atoms with Gasteiger partial charge in [-0.05, 0) is 47.2 Å². The number of hydrogen-bond acceptors (Lipinski definition) is 4. The maximum Gasteiger partial charge on any atom is 0.165 e. The van der Waals surface area contributed by atoms with E-state index in [4.69, 9.17) is 9.47 Å². The summed E-state index contributed by atoms with van der Waals surface area (Å²) in [5.74, 6) is 1.71. The Labute approximate surface area is 158 Å². The highest BCUT2D eigenvalue weighted by Gasteiger charge is 2.21. The molecule has 1 aliphatic heterocycles. The molecule has 0 unspecified atom stereocenters. The van der Waals surface area contributed by atoms with Crippen LogP contribution < -0.4 is 9.47 Å². The van der Waals surface area contributed by atoms with Crippen molar-refractivity contribution in [1.29, 1.82) is 0 Å². The Kier molecular flexibility index (Phi) is 4.96. The van der Waals surface area contributed by atoms with Crippen LogP contribution in [0.1, 0.15) is 16.0 Å². The number of nitrogens with zero attached hydrogens (tertiary/aromatic N) is 1. The van der Waals surface area contributed by atoms with Gasteiger partial charge in [0.2, 0.25) is 0 Å². The molecule has 0 spiro atoms. The number of fused-ring (bicyclic) bond motifs is 1. The fourth-order valence-electron chi connectivity index (χ4n) is 3.50. The first-order valence-electron chi connectivity index (χ1n) is 8.89. The van der Waals surface area contributed by atoms with Gasteiger partial charge in [-0.1, -0.05) is 30.3 Å². The molecule has 0 radical (unpaired) electrons. The van der Waals surface area contributed by atoms with Gasteiger partial charge in [0.05, 0.1) is 7.11 Å². The van der Waals surface area contributed by atoms with Gasteiger partial charge in [0.15, 0.2) is 11.5 Å². The van der Waals surface area contributed by atoms with Crippen LogP contribution in [-0.2, 0) is 13.1 Å². The van der Waals surface area contributed by atoms with Gasteiger partial charge in [-0.3, -0.25) is 4.90 Å². The number of aryl methyl sites for hydroxylation is 1. The first-order valence-corrected chi connectivity index (χ1v) is 9.77. The summed E-state index contributed by atoms with van der Waals surface area (Å²) in [6.45, 7) is 5.56. The number of methoxy groups -OCH3 is 1. The third-order valence-corrected chi connectivity index (χ3v) is 5.68. The smallest absolute Gasteiger partial charge is 0.165 e. The van der Waals surface area contributed by atoms with Crippen LogP contribution >= 0.6 is 11.3 Å². The van der Waals surface area contributed by atoms with Crippen molar-refractivity contribution in [3.63, 3.8) is 0 Å². The SMILES string of the molecule is COc1cc(-c2ccccc2C)cc2c1OCCN(Cc1cccs1)C2. The summed E-state index contributed by atoms with van der Waals surface area (Å²) in [6, 6.07) is 17.1. The summed E-state index contributed by atoms with van der Waals surface area (Å²) < 4.78 is 11.7. The molecule has 3 aromatic rings. The van der Waals surface area contributed by atoms with Gasteiger partial charge in [-0.2, -0.15) is 0 Å². The zero-order chi connectivity index (χ0) is 17.9. The molecule has 0 saturated heterocycles. The minimum atomic E-state index is 0.679. The number of benzene rings is 2. The second-order valence-electron chi connectivity index (χ2n) is 6.62. The zero-order valence-electron chi connectivity index (χ0n) is 15.2. The van der Waals surface area contributed by atoms with Gasteiger partial charge in [0.25, 0.3) is 0 Å². The van der Waals surface area contributed by atoms with Crippen molar-refractivity contribution in [3.8, 4) is 22.6 Å². The van der Waals surface area contributed by atoms with Crippen molar-refractivity contribution < 1.29 is 9.47 Å². The lowest BCUT2D eigenvalue weighted by molar-refractivity contribution is 0.218. The Morgan fingerprint density at radius 3 is 2.81 bits per heavy atom. The maximum atomic E-state index is 6.08. The molecule has 4 rings (SSSR count). The molecular weight excluding hydrogens is 342 g/mol. The van der Waals surface area contributed by atoms with E-state index in [1.807, 2.05) is 11.3 Å². The largest absolute Gasteiger partial charge is 0.493 e. The van der Waals surface area contributed by atoms with E-state index in [1.54, 1.807) is 7.11 Å². The summed E-state index contributed by atoms with van der Waals surface area (Å²) in [5.41, 5.74) is 4.87. The predicted molar refractivity (Wildman–Crippen MR) is 107 cm³/mol. The normalized spacial score (nSPS) is 14.4. The second kappa shape index (κ2) is 7.52. The average Bonchev–Trinajstić information content (AvgIpc) is 3.07. The van der Waals surface area contributed by atoms with Crippen LogP contribution in [0.25, 0.3) is 11.1 Å². The molecule has 0 amide bonds. The molecule has 0 atom stereocenters. The lowest BCUT2D eigenvalue weighted by atomic mass is 9.97. The third kappa shape index (κ3) is 3.48. The van der Waals surface area contributed by atoms with Gasteiger partial charge in [-0.25, -0.2) is 0 Å². The van der Waals surface area contributed by atoms with Crippen molar-refractivity contribution in [1.82, 2.24) is 4.90 Å². The van der Waals surface area contributed by atoms with E-state index < -0.39 is 0 Å².